The highest BCUT2D eigenvalue weighted by atomic mass is 16.7. The van der Waals surface area contributed by atoms with Gasteiger partial charge in [-0.2, -0.15) is 0 Å². The van der Waals surface area contributed by atoms with Gasteiger partial charge in [-0.25, -0.2) is 0 Å². The number of aliphatic hydroxyl groups excluding tert-OH is 5. The molecule has 9 nitrogen and oxygen atoms in total. The van der Waals surface area contributed by atoms with Crippen LogP contribution in [0.15, 0.2) is 60.8 Å². The Balaban J connectivity index is 2.21. The van der Waals surface area contributed by atoms with Crippen LogP contribution in [-0.2, 0) is 14.3 Å². The molecule has 1 saturated heterocycles. The fourth-order valence-electron chi connectivity index (χ4n) is 9.56. The van der Waals surface area contributed by atoms with E-state index < -0.39 is 49.5 Å². The summed E-state index contributed by atoms with van der Waals surface area (Å²) in [6, 6.07) is -0.811. The fraction of sp³-hybridized carbons (Fsp3) is 0.825. The highest BCUT2D eigenvalue weighted by molar-refractivity contribution is 5.76. The molecule has 0 spiro atoms. The van der Waals surface area contributed by atoms with E-state index in [-0.39, 0.29) is 12.5 Å². The van der Waals surface area contributed by atoms with Crippen molar-refractivity contribution in [2.45, 2.75) is 320 Å². The Hall–Kier alpha value is -2.11. The van der Waals surface area contributed by atoms with Crippen molar-refractivity contribution >= 4 is 5.91 Å². The summed E-state index contributed by atoms with van der Waals surface area (Å²) >= 11 is 0. The molecule has 1 rings (SSSR count). The van der Waals surface area contributed by atoms with Crippen molar-refractivity contribution in [3.63, 3.8) is 0 Å². The van der Waals surface area contributed by atoms with Crippen molar-refractivity contribution in [2.24, 2.45) is 0 Å². The lowest BCUT2D eigenvalue weighted by Gasteiger charge is -2.40. The van der Waals surface area contributed by atoms with Gasteiger partial charge in [0, 0.05) is 6.42 Å². The van der Waals surface area contributed by atoms with Crippen LogP contribution >= 0.6 is 0 Å². The molecule has 0 aromatic carbocycles. The number of carbonyl (C=O) groups is 1. The van der Waals surface area contributed by atoms with Crippen LogP contribution in [0, 0.1) is 0 Å². The number of nitrogens with one attached hydrogen (secondary N) is 1. The first-order valence-corrected chi connectivity index (χ1v) is 30.5. The van der Waals surface area contributed by atoms with E-state index in [0.717, 1.165) is 70.6 Å². The molecule has 0 bridgehead atoms. The van der Waals surface area contributed by atoms with Gasteiger partial charge in [0.15, 0.2) is 6.29 Å². The monoisotopic (exact) mass is 1010 g/mol. The summed E-state index contributed by atoms with van der Waals surface area (Å²) in [7, 11) is 0. The molecule has 0 saturated carbocycles. The van der Waals surface area contributed by atoms with Gasteiger partial charge < -0.3 is 40.3 Å². The van der Waals surface area contributed by atoms with Crippen molar-refractivity contribution in [1.82, 2.24) is 5.32 Å². The highest BCUT2D eigenvalue weighted by Gasteiger charge is 2.44. The van der Waals surface area contributed by atoms with Crippen LogP contribution in [0.25, 0.3) is 0 Å². The molecule has 0 radical (unpaired) electrons. The van der Waals surface area contributed by atoms with E-state index in [1.165, 1.54) is 186 Å². The standard InChI is InChI=1S/C63H115NO8/c1-3-5-7-9-11-13-15-17-19-21-23-25-27-28-29-31-32-34-36-38-40-42-44-46-48-50-52-57(66)56(55-71-63-62(70)61(69)60(68)58(54-65)72-63)64-59(67)53-51-49-47-45-43-41-39-37-35-33-30-26-24-22-20-18-16-14-12-10-8-6-4-2/h6,8,12,14,18,20,24,26,50,52,56-58,60-63,65-66,68-70H,3-5,7,9-11,13,15-17,19,21-23,25,27-49,51,53-55H2,1-2H3,(H,64,67)/b8-6-,14-12-,20-18-,26-24-,52-50+. The third kappa shape index (κ3) is 41.2. The Morgan fingerprint density at radius 3 is 1.28 bits per heavy atom. The Labute approximate surface area is 443 Å². The fourth-order valence-corrected chi connectivity index (χ4v) is 9.56. The van der Waals surface area contributed by atoms with Crippen LogP contribution in [0.3, 0.4) is 0 Å². The molecule has 7 atom stereocenters. The van der Waals surface area contributed by atoms with Crippen molar-refractivity contribution in [1.29, 1.82) is 0 Å². The Bertz CT molecular complexity index is 1310. The van der Waals surface area contributed by atoms with Gasteiger partial charge in [-0.15, -0.1) is 0 Å². The second-order valence-electron chi connectivity index (χ2n) is 21.1. The predicted octanol–water partition coefficient (Wildman–Crippen LogP) is 15.5. The van der Waals surface area contributed by atoms with Crippen LogP contribution in [0.5, 0.6) is 0 Å². The van der Waals surface area contributed by atoms with Gasteiger partial charge in [0.05, 0.1) is 25.4 Å². The van der Waals surface area contributed by atoms with Gasteiger partial charge in [0.2, 0.25) is 5.91 Å². The molecule has 420 valence electrons. The second kappa shape index (κ2) is 52.3. The third-order valence-electron chi connectivity index (χ3n) is 14.3. The lowest BCUT2D eigenvalue weighted by Crippen LogP contribution is -2.60. The Morgan fingerprint density at radius 2 is 0.861 bits per heavy atom. The number of hydrogen-bond donors (Lipinski definition) is 6. The summed E-state index contributed by atoms with van der Waals surface area (Å²) in [5.74, 6) is -0.180. The number of amides is 1. The van der Waals surface area contributed by atoms with Crippen LogP contribution in [0.1, 0.15) is 277 Å². The first-order chi connectivity index (χ1) is 35.3. The van der Waals surface area contributed by atoms with Crippen molar-refractivity contribution < 1.29 is 39.8 Å². The largest absolute Gasteiger partial charge is 0.394 e. The van der Waals surface area contributed by atoms with Crippen molar-refractivity contribution in [2.75, 3.05) is 13.2 Å². The number of allylic oxidation sites excluding steroid dienone is 9. The van der Waals surface area contributed by atoms with Crippen molar-refractivity contribution in [3.05, 3.63) is 60.8 Å². The minimum Gasteiger partial charge on any atom is -0.394 e. The molecule has 9 heteroatoms. The quantitative estimate of drug-likeness (QED) is 0.0261. The van der Waals surface area contributed by atoms with E-state index in [9.17, 15) is 30.3 Å². The van der Waals surface area contributed by atoms with Gasteiger partial charge in [-0.05, 0) is 57.8 Å². The molecule has 1 fully saturated rings. The number of ether oxygens (including phenoxy) is 2. The zero-order valence-corrected chi connectivity index (χ0v) is 46.7. The molecule has 0 aromatic heterocycles. The van der Waals surface area contributed by atoms with Gasteiger partial charge in [0.25, 0.3) is 0 Å². The van der Waals surface area contributed by atoms with Crippen LogP contribution in [0.4, 0.5) is 0 Å². The Kier molecular flexibility index (Phi) is 49.4. The molecular formula is C63H115NO8. The lowest BCUT2D eigenvalue weighted by atomic mass is 9.99. The zero-order chi connectivity index (χ0) is 52.2. The summed E-state index contributed by atoms with van der Waals surface area (Å²) in [4.78, 5) is 13.1. The van der Waals surface area contributed by atoms with Crippen LogP contribution in [-0.4, -0.2) is 87.5 Å². The minimum absolute atomic E-state index is 0.180. The molecule has 1 heterocycles. The molecule has 6 N–H and O–H groups in total. The summed E-state index contributed by atoms with van der Waals surface area (Å²) in [6.45, 7) is 3.69. The normalized spacial score (nSPS) is 19.6. The molecular weight excluding hydrogens is 899 g/mol. The number of hydrogen-bond acceptors (Lipinski definition) is 8. The first kappa shape index (κ1) is 67.9. The average molecular weight is 1010 g/mol. The molecule has 1 aliphatic heterocycles. The maximum Gasteiger partial charge on any atom is 0.220 e. The lowest BCUT2D eigenvalue weighted by molar-refractivity contribution is -0.302. The van der Waals surface area contributed by atoms with Crippen LogP contribution < -0.4 is 5.32 Å². The predicted molar refractivity (Wildman–Crippen MR) is 304 cm³/mol. The van der Waals surface area contributed by atoms with E-state index in [1.807, 2.05) is 6.08 Å². The number of rotatable bonds is 52. The number of carbonyl (C=O) groups excluding carboxylic acids is 1. The molecule has 0 aromatic rings. The maximum atomic E-state index is 13.1. The van der Waals surface area contributed by atoms with E-state index in [4.69, 9.17) is 9.47 Å². The average Bonchev–Trinajstić information content (AvgIpc) is 3.38. The first-order valence-electron chi connectivity index (χ1n) is 30.5. The van der Waals surface area contributed by atoms with Gasteiger partial charge >= 0.3 is 0 Å². The van der Waals surface area contributed by atoms with Gasteiger partial charge in [0.1, 0.15) is 24.4 Å². The molecule has 72 heavy (non-hydrogen) atoms. The second-order valence-corrected chi connectivity index (χ2v) is 21.1. The van der Waals surface area contributed by atoms with Gasteiger partial charge in [-0.3, -0.25) is 4.79 Å². The minimum atomic E-state index is -1.57. The van der Waals surface area contributed by atoms with E-state index in [1.54, 1.807) is 6.08 Å². The van der Waals surface area contributed by atoms with E-state index in [2.05, 4.69) is 67.8 Å². The van der Waals surface area contributed by atoms with Crippen LogP contribution in [0.2, 0.25) is 0 Å². The van der Waals surface area contributed by atoms with E-state index >= 15 is 0 Å². The molecule has 1 amide bonds. The highest BCUT2D eigenvalue weighted by Crippen LogP contribution is 2.23. The topological polar surface area (TPSA) is 149 Å². The summed E-state index contributed by atoms with van der Waals surface area (Å²) in [5.41, 5.74) is 0. The summed E-state index contributed by atoms with van der Waals surface area (Å²) in [5, 5.41) is 54.6. The zero-order valence-electron chi connectivity index (χ0n) is 46.7. The summed E-state index contributed by atoms with van der Waals surface area (Å²) in [6.07, 6.45) is 64.3. The Morgan fingerprint density at radius 1 is 0.486 bits per heavy atom. The van der Waals surface area contributed by atoms with Crippen molar-refractivity contribution in [3.8, 4) is 0 Å². The maximum absolute atomic E-state index is 13.1. The SMILES string of the molecule is CC/C=C\C/C=C\C/C=C\C/C=C\CCCCCCCCCCCCC(=O)NC(COC1OC(CO)C(O)C(O)C1O)C(O)/C=C/CCCCCCCCCCCCCCCCCCCCCCCCCC. The smallest absolute Gasteiger partial charge is 0.220 e. The number of unbranched alkanes of at least 4 members (excludes halogenated alkanes) is 34. The molecule has 0 aliphatic carbocycles. The third-order valence-corrected chi connectivity index (χ3v) is 14.3. The summed E-state index contributed by atoms with van der Waals surface area (Å²) < 4.78 is 11.3. The molecule has 7 unspecified atom stereocenters. The number of aliphatic hydroxyl groups is 5. The van der Waals surface area contributed by atoms with Gasteiger partial charge in [-0.1, -0.05) is 274 Å². The molecule has 1 aliphatic rings. The van der Waals surface area contributed by atoms with E-state index in [0.29, 0.717) is 6.42 Å².